The summed E-state index contributed by atoms with van der Waals surface area (Å²) in [7, 11) is 0. The first-order chi connectivity index (χ1) is 10.3. The number of ketones is 1. The number of hydrogen-bond donors (Lipinski definition) is 1. The van der Waals surface area contributed by atoms with Gasteiger partial charge in [-0.1, -0.05) is 29.3 Å². The van der Waals surface area contributed by atoms with Crippen molar-refractivity contribution in [2.24, 2.45) is 0 Å². The highest BCUT2D eigenvalue weighted by Gasteiger charge is 2.30. The van der Waals surface area contributed by atoms with Gasteiger partial charge in [-0.05, 0) is 43.7 Å². The zero-order valence-corrected chi connectivity index (χ0v) is 13.7. The number of Topliss-reactive ketones (excluding diaryl/α,β-unsaturated/α-hetero) is 1. The molecule has 1 N–H and O–H groups in total. The summed E-state index contributed by atoms with van der Waals surface area (Å²) in [5.41, 5.74) is -0.787. The van der Waals surface area contributed by atoms with Crippen molar-refractivity contribution in [2.45, 2.75) is 25.9 Å². The Balaban J connectivity index is 2.12. The molecule has 22 heavy (non-hydrogen) atoms. The van der Waals surface area contributed by atoms with Crippen molar-refractivity contribution >= 4 is 29.0 Å². The van der Waals surface area contributed by atoms with Gasteiger partial charge in [0.25, 0.3) is 0 Å². The van der Waals surface area contributed by atoms with Crippen LogP contribution in [0.15, 0.2) is 41.2 Å². The summed E-state index contributed by atoms with van der Waals surface area (Å²) in [4.78, 5) is 26.0. The maximum Gasteiger partial charge on any atom is 0.249 e. The van der Waals surface area contributed by atoms with E-state index in [9.17, 15) is 9.59 Å². The minimum atomic E-state index is -1.03. The second-order valence-electron chi connectivity index (χ2n) is 5.33. The molecule has 116 valence electrons. The lowest BCUT2D eigenvalue weighted by molar-refractivity contribution is -0.131. The van der Waals surface area contributed by atoms with Crippen molar-refractivity contribution in [3.63, 3.8) is 0 Å². The number of nitrogens with one attached hydrogen (secondary N) is 1. The maximum atomic E-state index is 12.4. The first kappa shape index (κ1) is 16.6. The summed E-state index contributed by atoms with van der Waals surface area (Å²) in [6.45, 7) is 3.37. The van der Waals surface area contributed by atoms with E-state index in [4.69, 9.17) is 27.9 Å². The third-order valence-electron chi connectivity index (χ3n) is 3.16. The molecule has 0 unspecified atom stereocenters. The third-order valence-corrected chi connectivity index (χ3v) is 3.75. The molecule has 1 heterocycles. The molecule has 6 heteroatoms. The number of pyridine rings is 1. The molecule has 0 amide bonds. The molecule has 0 atom stereocenters. The van der Waals surface area contributed by atoms with Gasteiger partial charge in [0.1, 0.15) is 10.9 Å². The summed E-state index contributed by atoms with van der Waals surface area (Å²) in [6.07, 6.45) is 0.0657. The number of rotatable bonds is 5. The van der Waals surface area contributed by atoms with Crippen LogP contribution in [0.1, 0.15) is 19.4 Å². The Hall–Kier alpha value is -1.78. The number of H-pyrrole nitrogens is 1. The van der Waals surface area contributed by atoms with E-state index in [1.165, 1.54) is 12.1 Å². The largest absolute Gasteiger partial charge is 0.480 e. The second kappa shape index (κ2) is 6.55. The van der Waals surface area contributed by atoms with Crippen molar-refractivity contribution in [1.29, 1.82) is 0 Å². The van der Waals surface area contributed by atoms with Crippen LogP contribution in [0.5, 0.6) is 5.75 Å². The van der Waals surface area contributed by atoms with Crippen LogP contribution in [0.4, 0.5) is 0 Å². The second-order valence-corrected chi connectivity index (χ2v) is 6.14. The number of carbonyl (C=O) groups is 1. The smallest absolute Gasteiger partial charge is 0.249 e. The molecule has 0 radical (unpaired) electrons. The van der Waals surface area contributed by atoms with Crippen LogP contribution in [0, 0.1) is 0 Å². The van der Waals surface area contributed by atoms with Gasteiger partial charge in [-0.2, -0.15) is 0 Å². The molecule has 1 aromatic carbocycles. The zero-order chi connectivity index (χ0) is 16.3. The van der Waals surface area contributed by atoms with Crippen LogP contribution in [-0.4, -0.2) is 16.4 Å². The lowest BCUT2D eigenvalue weighted by Gasteiger charge is -2.25. The predicted molar refractivity (Wildman–Crippen MR) is 86.9 cm³/mol. The van der Waals surface area contributed by atoms with Crippen LogP contribution in [-0.2, 0) is 11.2 Å². The molecular formula is C16H15Cl2NO3. The standard InChI is InChI=1S/C16H15Cl2NO3/c1-16(2,22-12-6-4-11(17)5-7-12)13(20)9-10-3-8-14(21)19-15(10)18/h3-8H,9H2,1-2H3,(H,19,21). The molecule has 0 aliphatic heterocycles. The van der Waals surface area contributed by atoms with Crippen molar-refractivity contribution < 1.29 is 9.53 Å². The Labute approximate surface area is 138 Å². The van der Waals surface area contributed by atoms with Crippen molar-refractivity contribution in [2.75, 3.05) is 0 Å². The monoisotopic (exact) mass is 339 g/mol. The molecule has 1 aromatic heterocycles. The minimum Gasteiger partial charge on any atom is -0.480 e. The predicted octanol–water partition coefficient (Wildman–Crippen LogP) is 3.65. The lowest BCUT2D eigenvalue weighted by atomic mass is 9.97. The molecule has 2 aromatic rings. The van der Waals surface area contributed by atoms with Gasteiger partial charge in [-0.15, -0.1) is 0 Å². The summed E-state index contributed by atoms with van der Waals surface area (Å²) in [6, 6.07) is 9.65. The third kappa shape index (κ3) is 4.12. The fraction of sp³-hybridized carbons (Fsp3) is 0.250. The number of aromatic amines is 1. The van der Waals surface area contributed by atoms with E-state index in [-0.39, 0.29) is 22.9 Å². The van der Waals surface area contributed by atoms with Crippen LogP contribution in [0.3, 0.4) is 0 Å². The molecule has 0 spiro atoms. The molecule has 0 saturated carbocycles. The molecule has 0 bridgehead atoms. The average molecular weight is 340 g/mol. The molecule has 0 aliphatic rings. The lowest BCUT2D eigenvalue weighted by Crippen LogP contribution is -2.39. The Morgan fingerprint density at radius 2 is 1.77 bits per heavy atom. The van der Waals surface area contributed by atoms with Crippen molar-refractivity contribution in [3.05, 3.63) is 62.5 Å². The molecule has 0 fully saturated rings. The molecule has 0 aliphatic carbocycles. The molecular weight excluding hydrogens is 325 g/mol. The van der Waals surface area contributed by atoms with E-state index in [1.807, 2.05) is 0 Å². The highest BCUT2D eigenvalue weighted by Crippen LogP contribution is 2.23. The van der Waals surface area contributed by atoms with Crippen LogP contribution < -0.4 is 10.3 Å². The van der Waals surface area contributed by atoms with Gasteiger partial charge in [-0.25, -0.2) is 0 Å². The summed E-state index contributed by atoms with van der Waals surface area (Å²) in [5, 5.41) is 0.764. The fourth-order valence-electron chi connectivity index (χ4n) is 1.86. The topological polar surface area (TPSA) is 59.2 Å². The summed E-state index contributed by atoms with van der Waals surface area (Å²) < 4.78 is 5.73. The van der Waals surface area contributed by atoms with E-state index in [2.05, 4.69) is 4.98 Å². The van der Waals surface area contributed by atoms with E-state index in [0.29, 0.717) is 16.3 Å². The normalized spacial score (nSPS) is 11.3. The van der Waals surface area contributed by atoms with Gasteiger partial charge in [0.2, 0.25) is 5.56 Å². The van der Waals surface area contributed by atoms with Crippen molar-refractivity contribution in [1.82, 2.24) is 4.98 Å². The molecule has 2 rings (SSSR count). The number of halogens is 2. The summed E-state index contributed by atoms with van der Waals surface area (Å²) >= 11 is 11.8. The number of benzene rings is 1. The quantitative estimate of drug-likeness (QED) is 0.845. The Morgan fingerprint density at radius 3 is 2.36 bits per heavy atom. The first-order valence-corrected chi connectivity index (χ1v) is 7.39. The Morgan fingerprint density at radius 1 is 1.14 bits per heavy atom. The molecule has 0 saturated heterocycles. The maximum absolute atomic E-state index is 12.4. The number of carbonyl (C=O) groups excluding carboxylic acids is 1. The van der Waals surface area contributed by atoms with E-state index in [0.717, 1.165) is 0 Å². The number of hydrogen-bond acceptors (Lipinski definition) is 3. The first-order valence-electron chi connectivity index (χ1n) is 6.63. The number of ether oxygens (including phenoxy) is 1. The SMILES string of the molecule is CC(C)(Oc1ccc(Cl)cc1)C(=O)Cc1ccc(=O)[nH]c1Cl. The van der Waals surface area contributed by atoms with Gasteiger partial charge < -0.3 is 9.72 Å². The van der Waals surface area contributed by atoms with Gasteiger partial charge in [0.15, 0.2) is 11.4 Å². The molecule has 4 nitrogen and oxygen atoms in total. The zero-order valence-electron chi connectivity index (χ0n) is 12.2. The average Bonchev–Trinajstić information content (AvgIpc) is 2.44. The van der Waals surface area contributed by atoms with Gasteiger partial charge >= 0.3 is 0 Å². The van der Waals surface area contributed by atoms with Gasteiger partial charge in [0.05, 0.1) is 0 Å². The van der Waals surface area contributed by atoms with Gasteiger partial charge in [0, 0.05) is 17.5 Å². The minimum absolute atomic E-state index is 0.0657. The van der Waals surface area contributed by atoms with E-state index in [1.54, 1.807) is 38.1 Å². The van der Waals surface area contributed by atoms with Crippen LogP contribution >= 0.6 is 23.2 Å². The Kier molecular flexibility index (Phi) is 4.94. The fourth-order valence-corrected chi connectivity index (χ4v) is 2.21. The number of aromatic nitrogens is 1. The highest BCUT2D eigenvalue weighted by molar-refractivity contribution is 6.30. The highest BCUT2D eigenvalue weighted by atomic mass is 35.5. The van der Waals surface area contributed by atoms with Crippen LogP contribution in [0.2, 0.25) is 10.2 Å². The van der Waals surface area contributed by atoms with E-state index < -0.39 is 5.60 Å². The van der Waals surface area contributed by atoms with Crippen molar-refractivity contribution in [3.8, 4) is 5.75 Å². The van der Waals surface area contributed by atoms with Crippen LogP contribution in [0.25, 0.3) is 0 Å². The van der Waals surface area contributed by atoms with Gasteiger partial charge in [-0.3, -0.25) is 9.59 Å². The summed E-state index contributed by atoms with van der Waals surface area (Å²) in [5.74, 6) is 0.395. The van der Waals surface area contributed by atoms with E-state index >= 15 is 0 Å². The Bertz CT molecular complexity index is 736.